The van der Waals surface area contributed by atoms with Crippen LogP contribution in [0.15, 0.2) is 0 Å². The highest BCUT2D eigenvalue weighted by Crippen LogP contribution is 2.39. The van der Waals surface area contributed by atoms with E-state index in [9.17, 15) is 9.90 Å². The molecule has 2 fully saturated rings. The number of thioether (sulfide) groups is 1. The number of hydrogen-bond acceptors (Lipinski definition) is 5. The van der Waals surface area contributed by atoms with Crippen LogP contribution in [0.1, 0.15) is 59.3 Å². The average molecular weight is 302 g/mol. The van der Waals surface area contributed by atoms with Crippen molar-refractivity contribution in [3.05, 3.63) is 0 Å². The first-order valence-electron chi connectivity index (χ1n) is 7.51. The first-order chi connectivity index (χ1) is 9.30. The van der Waals surface area contributed by atoms with Crippen molar-refractivity contribution in [2.24, 2.45) is 0 Å². The van der Waals surface area contributed by atoms with Crippen LogP contribution in [0, 0.1) is 0 Å². The zero-order valence-electron chi connectivity index (χ0n) is 12.7. The SMILES string of the molecule is CC(C)(C)SC(=O)C[C@H](O)[C@H]1COC2(CCCCC2)O1. The van der Waals surface area contributed by atoms with E-state index in [1.807, 2.05) is 20.8 Å². The number of carbonyl (C=O) groups excluding carboxylic acids is 1. The van der Waals surface area contributed by atoms with Crippen molar-refractivity contribution in [2.75, 3.05) is 6.61 Å². The Morgan fingerprint density at radius 1 is 1.35 bits per heavy atom. The average Bonchev–Trinajstić information content (AvgIpc) is 2.71. The van der Waals surface area contributed by atoms with Crippen molar-refractivity contribution in [2.45, 2.75) is 82.0 Å². The van der Waals surface area contributed by atoms with Crippen LogP contribution in [0.2, 0.25) is 0 Å². The Hall–Kier alpha value is -0.100. The van der Waals surface area contributed by atoms with Gasteiger partial charge in [-0.2, -0.15) is 0 Å². The third-order valence-corrected chi connectivity index (χ3v) is 4.72. The monoisotopic (exact) mass is 302 g/mol. The standard InChI is InChI=1S/C15H26O4S/c1-14(2,3)20-13(17)9-11(16)12-10-18-15(19-12)7-5-4-6-8-15/h11-12,16H,4-10H2,1-3H3/t11-,12+/m0/s1. The lowest BCUT2D eigenvalue weighted by molar-refractivity contribution is -0.195. The molecule has 1 saturated carbocycles. The minimum atomic E-state index is -0.765. The number of aliphatic hydroxyl groups excluding tert-OH is 1. The molecule has 2 aliphatic rings. The molecule has 0 radical (unpaired) electrons. The van der Waals surface area contributed by atoms with Gasteiger partial charge in [0.1, 0.15) is 6.10 Å². The molecule has 1 saturated heterocycles. The van der Waals surface area contributed by atoms with Gasteiger partial charge >= 0.3 is 0 Å². The van der Waals surface area contributed by atoms with Crippen LogP contribution < -0.4 is 0 Å². The maximum Gasteiger partial charge on any atom is 0.192 e. The molecule has 116 valence electrons. The highest BCUT2D eigenvalue weighted by atomic mass is 32.2. The van der Waals surface area contributed by atoms with E-state index in [0.717, 1.165) is 25.7 Å². The van der Waals surface area contributed by atoms with Crippen molar-refractivity contribution in [1.82, 2.24) is 0 Å². The van der Waals surface area contributed by atoms with E-state index < -0.39 is 11.9 Å². The van der Waals surface area contributed by atoms with Crippen LogP contribution in [0.25, 0.3) is 0 Å². The van der Waals surface area contributed by atoms with Gasteiger partial charge in [-0.15, -0.1) is 0 Å². The summed E-state index contributed by atoms with van der Waals surface area (Å²) < 4.78 is 11.6. The van der Waals surface area contributed by atoms with Gasteiger partial charge < -0.3 is 14.6 Å². The summed E-state index contributed by atoms with van der Waals surface area (Å²) in [6.45, 7) is 6.38. The maximum absolute atomic E-state index is 11.9. The van der Waals surface area contributed by atoms with E-state index in [4.69, 9.17) is 9.47 Å². The quantitative estimate of drug-likeness (QED) is 0.869. The lowest BCUT2D eigenvalue weighted by atomic mass is 9.94. The molecular formula is C15H26O4S. The van der Waals surface area contributed by atoms with Gasteiger partial charge in [0.05, 0.1) is 12.7 Å². The Morgan fingerprint density at radius 2 is 2.00 bits per heavy atom. The van der Waals surface area contributed by atoms with Crippen LogP contribution >= 0.6 is 11.8 Å². The second-order valence-corrected chi connectivity index (χ2v) is 8.68. The van der Waals surface area contributed by atoms with Crippen LogP contribution in [0.5, 0.6) is 0 Å². The zero-order chi connectivity index (χ0) is 14.8. The third kappa shape index (κ3) is 4.45. The van der Waals surface area contributed by atoms with Gasteiger partial charge in [0.15, 0.2) is 10.9 Å². The molecular weight excluding hydrogens is 276 g/mol. The molecule has 0 aromatic heterocycles. The fourth-order valence-electron chi connectivity index (χ4n) is 2.81. The molecule has 0 unspecified atom stereocenters. The van der Waals surface area contributed by atoms with Gasteiger partial charge in [0.2, 0.25) is 0 Å². The molecule has 1 heterocycles. The summed E-state index contributed by atoms with van der Waals surface area (Å²) in [7, 11) is 0. The minimum Gasteiger partial charge on any atom is -0.390 e. The maximum atomic E-state index is 11.9. The summed E-state index contributed by atoms with van der Waals surface area (Å²) in [4.78, 5) is 11.9. The molecule has 2 atom stereocenters. The van der Waals surface area contributed by atoms with Gasteiger partial charge in [-0.1, -0.05) is 39.0 Å². The summed E-state index contributed by atoms with van der Waals surface area (Å²) in [5, 5.41) is 10.2. The third-order valence-electron chi connectivity index (χ3n) is 3.72. The highest BCUT2D eigenvalue weighted by Gasteiger charge is 2.44. The predicted molar refractivity (Wildman–Crippen MR) is 79.6 cm³/mol. The molecule has 2 rings (SSSR count). The summed E-state index contributed by atoms with van der Waals surface area (Å²) in [5.41, 5.74) is 0. The molecule has 1 aliphatic carbocycles. The Balaban J connectivity index is 1.82. The zero-order valence-corrected chi connectivity index (χ0v) is 13.5. The van der Waals surface area contributed by atoms with Crippen LogP contribution in [0.3, 0.4) is 0 Å². The lowest BCUT2D eigenvalue weighted by Crippen LogP contribution is -2.36. The molecule has 1 spiro atoms. The Labute approximate surface area is 125 Å². The Bertz CT molecular complexity index is 344. The fraction of sp³-hybridized carbons (Fsp3) is 0.933. The Kier molecular flexibility index (Phi) is 5.16. The number of hydrogen-bond donors (Lipinski definition) is 1. The smallest absolute Gasteiger partial charge is 0.192 e. The minimum absolute atomic E-state index is 0.0122. The normalized spacial score (nSPS) is 27.7. The highest BCUT2D eigenvalue weighted by molar-refractivity contribution is 8.14. The predicted octanol–water partition coefficient (Wildman–Crippen LogP) is 2.87. The molecule has 20 heavy (non-hydrogen) atoms. The van der Waals surface area contributed by atoms with E-state index in [2.05, 4.69) is 0 Å². The number of aliphatic hydroxyl groups is 1. The number of carbonyl (C=O) groups is 1. The molecule has 1 aliphatic heterocycles. The van der Waals surface area contributed by atoms with Gasteiger partial charge in [-0.3, -0.25) is 4.79 Å². The summed E-state index contributed by atoms with van der Waals surface area (Å²) in [5.74, 6) is -0.482. The molecule has 5 heteroatoms. The molecule has 0 aromatic rings. The van der Waals surface area contributed by atoms with E-state index in [0.29, 0.717) is 6.61 Å². The molecule has 1 N–H and O–H groups in total. The van der Waals surface area contributed by atoms with Gasteiger partial charge in [0.25, 0.3) is 0 Å². The topological polar surface area (TPSA) is 55.8 Å². The van der Waals surface area contributed by atoms with Crippen LogP contribution in [-0.4, -0.2) is 39.6 Å². The van der Waals surface area contributed by atoms with Crippen molar-refractivity contribution < 1.29 is 19.4 Å². The van der Waals surface area contributed by atoms with Crippen molar-refractivity contribution >= 4 is 16.9 Å². The van der Waals surface area contributed by atoms with Crippen LogP contribution in [-0.2, 0) is 14.3 Å². The second kappa shape index (κ2) is 6.34. The number of rotatable bonds is 3. The fourth-order valence-corrected chi connectivity index (χ4v) is 3.74. The Morgan fingerprint density at radius 3 is 2.60 bits per heavy atom. The van der Waals surface area contributed by atoms with E-state index >= 15 is 0 Å². The van der Waals surface area contributed by atoms with E-state index in [1.54, 1.807) is 0 Å². The van der Waals surface area contributed by atoms with Gasteiger partial charge in [-0.05, 0) is 12.8 Å². The van der Waals surface area contributed by atoms with Gasteiger partial charge in [0, 0.05) is 24.0 Å². The largest absolute Gasteiger partial charge is 0.390 e. The summed E-state index contributed by atoms with van der Waals surface area (Å²) >= 11 is 1.28. The molecule has 4 nitrogen and oxygen atoms in total. The number of ether oxygens (including phenoxy) is 2. The van der Waals surface area contributed by atoms with Crippen molar-refractivity contribution in [1.29, 1.82) is 0 Å². The summed E-state index contributed by atoms with van der Waals surface area (Å²) in [6, 6.07) is 0. The van der Waals surface area contributed by atoms with Crippen molar-refractivity contribution in [3.63, 3.8) is 0 Å². The van der Waals surface area contributed by atoms with E-state index in [1.165, 1.54) is 18.2 Å². The molecule has 0 aromatic carbocycles. The molecule has 0 amide bonds. The second-order valence-electron chi connectivity index (χ2n) is 6.80. The van der Waals surface area contributed by atoms with Gasteiger partial charge in [-0.25, -0.2) is 0 Å². The van der Waals surface area contributed by atoms with E-state index in [-0.39, 0.29) is 22.4 Å². The summed E-state index contributed by atoms with van der Waals surface area (Å²) in [6.07, 6.45) is 4.26. The first-order valence-corrected chi connectivity index (χ1v) is 8.33. The lowest BCUT2D eigenvalue weighted by Gasteiger charge is -2.32. The molecule has 0 bridgehead atoms. The first kappa shape index (κ1) is 16.3. The van der Waals surface area contributed by atoms with Crippen LogP contribution in [0.4, 0.5) is 0 Å². The van der Waals surface area contributed by atoms with Crippen molar-refractivity contribution in [3.8, 4) is 0 Å².